The average Bonchev–Trinajstić information content (AvgIpc) is 3.23. The molecule has 0 bridgehead atoms. The van der Waals surface area contributed by atoms with Crippen molar-refractivity contribution in [1.29, 1.82) is 0 Å². The lowest BCUT2D eigenvalue weighted by Gasteiger charge is -2.43. The zero-order valence-electron chi connectivity index (χ0n) is 20.9. The van der Waals surface area contributed by atoms with E-state index in [1.807, 2.05) is 30.3 Å². The summed E-state index contributed by atoms with van der Waals surface area (Å²) in [6, 6.07) is 14.0. The molecule has 0 fully saturated rings. The second-order valence-electron chi connectivity index (χ2n) is 10.4. The van der Waals surface area contributed by atoms with Gasteiger partial charge >= 0.3 is 0 Å². The molecule has 1 aliphatic carbocycles. The van der Waals surface area contributed by atoms with E-state index >= 15 is 0 Å². The number of hydrogen-bond donors (Lipinski definition) is 1. The Morgan fingerprint density at radius 3 is 2.33 bits per heavy atom. The fourth-order valence-electron chi connectivity index (χ4n) is 4.76. The molecule has 2 aromatic carbocycles. The highest BCUT2D eigenvalue weighted by Crippen LogP contribution is 2.53. The summed E-state index contributed by atoms with van der Waals surface area (Å²) in [5, 5.41) is 3.33. The molecule has 1 N–H and O–H groups in total. The number of benzene rings is 2. The van der Waals surface area contributed by atoms with Gasteiger partial charge in [-0.05, 0) is 66.3 Å². The molecule has 4 heteroatoms. The molecule has 1 heterocycles. The van der Waals surface area contributed by atoms with Gasteiger partial charge in [-0.1, -0.05) is 58.5 Å². The molecule has 0 saturated carbocycles. The fourth-order valence-corrected chi connectivity index (χ4v) is 4.76. The Hall–Kier alpha value is -3.14. The van der Waals surface area contributed by atoms with Crippen molar-refractivity contribution < 1.29 is 13.9 Å². The number of fused-ring (bicyclic) bond motifs is 1. The summed E-state index contributed by atoms with van der Waals surface area (Å²) >= 11 is 0. The fraction of sp³-hybridized carbons (Fsp3) is 0.379. The van der Waals surface area contributed by atoms with E-state index in [1.165, 1.54) is 11.1 Å². The number of aryl methyl sites for hydroxylation is 2. The largest absolute Gasteiger partial charge is 0.493 e. The Morgan fingerprint density at radius 2 is 1.64 bits per heavy atom. The van der Waals surface area contributed by atoms with Crippen molar-refractivity contribution in [3.8, 4) is 17.4 Å². The Balaban J connectivity index is 1.66. The van der Waals surface area contributed by atoms with Crippen LogP contribution in [0, 0.1) is 13.8 Å². The summed E-state index contributed by atoms with van der Waals surface area (Å²) in [5.74, 6) is 2.55. The standard InChI is InChI=1S/C29H35NO3/c1-18-11-9-10-12-22(18)30-20(3)23-13-14-24(32-23)33-26-19(2)17-21-25(27(26)31-8)29(6,7)16-15-28(21,4)5/h9-14,17,30H,3,15-16H2,1-2,4-8H3. The number of ether oxygens (including phenoxy) is 2. The molecule has 3 aromatic rings. The van der Waals surface area contributed by atoms with Crippen LogP contribution in [0.2, 0.25) is 0 Å². The minimum Gasteiger partial charge on any atom is -0.493 e. The smallest absolute Gasteiger partial charge is 0.290 e. The Bertz CT molecular complexity index is 1200. The van der Waals surface area contributed by atoms with Gasteiger partial charge in [0, 0.05) is 17.3 Å². The summed E-state index contributed by atoms with van der Waals surface area (Å²) in [6.07, 6.45) is 2.24. The molecule has 0 unspecified atom stereocenters. The highest BCUT2D eigenvalue weighted by atomic mass is 16.6. The number of rotatable bonds is 6. The topological polar surface area (TPSA) is 43.6 Å². The first-order valence-corrected chi connectivity index (χ1v) is 11.6. The molecule has 4 rings (SSSR count). The van der Waals surface area contributed by atoms with Crippen LogP contribution in [0.3, 0.4) is 0 Å². The van der Waals surface area contributed by atoms with E-state index in [9.17, 15) is 0 Å². The van der Waals surface area contributed by atoms with Gasteiger partial charge in [-0.25, -0.2) is 0 Å². The zero-order chi connectivity index (χ0) is 24.0. The number of para-hydroxylation sites is 1. The van der Waals surface area contributed by atoms with Gasteiger partial charge in [0.1, 0.15) is 0 Å². The highest BCUT2D eigenvalue weighted by molar-refractivity contribution is 5.74. The van der Waals surface area contributed by atoms with Crippen molar-refractivity contribution in [2.24, 2.45) is 0 Å². The minimum atomic E-state index is 0.00206. The molecule has 174 valence electrons. The SMILES string of the molecule is C=C(Nc1ccccc1C)c1ccc(Oc2c(C)cc3c(c2OC)C(C)(C)CCC3(C)C)o1. The Labute approximate surface area is 197 Å². The number of furan rings is 1. The third-order valence-corrected chi connectivity index (χ3v) is 6.92. The molecular weight excluding hydrogens is 410 g/mol. The van der Waals surface area contributed by atoms with Gasteiger partial charge in [0.2, 0.25) is 0 Å². The van der Waals surface area contributed by atoms with Crippen LogP contribution in [-0.2, 0) is 10.8 Å². The van der Waals surface area contributed by atoms with Gasteiger partial charge in [0.25, 0.3) is 5.95 Å². The van der Waals surface area contributed by atoms with Crippen LogP contribution in [0.5, 0.6) is 17.4 Å². The average molecular weight is 446 g/mol. The molecule has 0 atom stereocenters. The second kappa shape index (κ2) is 8.33. The summed E-state index contributed by atoms with van der Waals surface area (Å²) in [6.45, 7) is 17.5. The molecule has 1 aliphatic rings. The van der Waals surface area contributed by atoms with Crippen LogP contribution in [0.15, 0.2) is 53.5 Å². The third-order valence-electron chi connectivity index (χ3n) is 6.92. The van der Waals surface area contributed by atoms with Gasteiger partial charge in [-0.2, -0.15) is 0 Å². The summed E-state index contributed by atoms with van der Waals surface area (Å²) < 4.78 is 18.3. The van der Waals surface area contributed by atoms with E-state index in [4.69, 9.17) is 13.9 Å². The normalized spacial score (nSPS) is 16.1. The lowest BCUT2D eigenvalue weighted by Crippen LogP contribution is -2.34. The summed E-state index contributed by atoms with van der Waals surface area (Å²) in [5.41, 5.74) is 6.53. The number of hydrogen-bond acceptors (Lipinski definition) is 4. The summed E-state index contributed by atoms with van der Waals surface area (Å²) in [7, 11) is 1.72. The van der Waals surface area contributed by atoms with Crippen molar-refractivity contribution in [2.45, 2.75) is 65.2 Å². The van der Waals surface area contributed by atoms with Crippen molar-refractivity contribution in [2.75, 3.05) is 12.4 Å². The molecule has 4 nitrogen and oxygen atoms in total. The predicted molar refractivity (Wildman–Crippen MR) is 136 cm³/mol. The lowest BCUT2D eigenvalue weighted by molar-refractivity contribution is 0.290. The van der Waals surface area contributed by atoms with Crippen LogP contribution in [0.25, 0.3) is 5.70 Å². The maximum Gasteiger partial charge on any atom is 0.290 e. The molecule has 0 saturated heterocycles. The predicted octanol–water partition coefficient (Wildman–Crippen LogP) is 8.13. The maximum absolute atomic E-state index is 6.30. The molecule has 33 heavy (non-hydrogen) atoms. The lowest BCUT2D eigenvalue weighted by atomic mass is 9.62. The Morgan fingerprint density at radius 1 is 0.939 bits per heavy atom. The second-order valence-corrected chi connectivity index (χ2v) is 10.4. The third kappa shape index (κ3) is 4.27. The first-order valence-electron chi connectivity index (χ1n) is 11.6. The Kier molecular flexibility index (Phi) is 5.81. The maximum atomic E-state index is 6.30. The van der Waals surface area contributed by atoms with E-state index in [1.54, 1.807) is 7.11 Å². The monoisotopic (exact) mass is 445 g/mol. The highest BCUT2D eigenvalue weighted by Gasteiger charge is 2.41. The van der Waals surface area contributed by atoms with E-state index in [0.717, 1.165) is 35.4 Å². The quantitative estimate of drug-likeness (QED) is 0.416. The molecular formula is C29H35NO3. The van der Waals surface area contributed by atoms with Gasteiger partial charge in [0.05, 0.1) is 12.8 Å². The number of methoxy groups -OCH3 is 1. The van der Waals surface area contributed by atoms with Crippen LogP contribution >= 0.6 is 0 Å². The van der Waals surface area contributed by atoms with E-state index in [-0.39, 0.29) is 10.8 Å². The molecule has 0 radical (unpaired) electrons. The van der Waals surface area contributed by atoms with Gasteiger partial charge in [-0.3, -0.25) is 0 Å². The van der Waals surface area contributed by atoms with Crippen molar-refractivity contribution in [3.05, 3.63) is 77.1 Å². The van der Waals surface area contributed by atoms with Gasteiger partial charge in [0.15, 0.2) is 17.3 Å². The van der Waals surface area contributed by atoms with Crippen LogP contribution < -0.4 is 14.8 Å². The number of nitrogens with one attached hydrogen (secondary N) is 1. The number of anilines is 1. The van der Waals surface area contributed by atoms with Gasteiger partial charge in [-0.15, -0.1) is 0 Å². The van der Waals surface area contributed by atoms with Crippen LogP contribution in [-0.4, -0.2) is 7.11 Å². The first kappa shape index (κ1) is 23.0. The first-order chi connectivity index (χ1) is 15.5. The van der Waals surface area contributed by atoms with Crippen molar-refractivity contribution in [1.82, 2.24) is 0 Å². The summed E-state index contributed by atoms with van der Waals surface area (Å²) in [4.78, 5) is 0. The van der Waals surface area contributed by atoms with Crippen LogP contribution in [0.1, 0.15) is 68.6 Å². The zero-order valence-corrected chi connectivity index (χ0v) is 20.9. The van der Waals surface area contributed by atoms with E-state index < -0.39 is 0 Å². The molecule has 0 aliphatic heterocycles. The molecule has 0 amide bonds. The van der Waals surface area contributed by atoms with Crippen LogP contribution in [0.4, 0.5) is 5.69 Å². The van der Waals surface area contributed by atoms with Crippen molar-refractivity contribution >= 4 is 11.4 Å². The molecule has 1 aromatic heterocycles. The van der Waals surface area contributed by atoms with E-state index in [2.05, 4.69) is 65.6 Å². The van der Waals surface area contributed by atoms with Gasteiger partial charge < -0.3 is 19.2 Å². The van der Waals surface area contributed by atoms with E-state index in [0.29, 0.717) is 23.2 Å². The molecule has 0 spiro atoms. The minimum absolute atomic E-state index is 0.00206. The van der Waals surface area contributed by atoms with Crippen molar-refractivity contribution in [3.63, 3.8) is 0 Å².